The van der Waals surface area contributed by atoms with Gasteiger partial charge in [0.1, 0.15) is 0 Å². The summed E-state index contributed by atoms with van der Waals surface area (Å²) < 4.78 is 1.34. The van der Waals surface area contributed by atoms with Crippen molar-refractivity contribution in [3.63, 3.8) is 0 Å². The van der Waals surface area contributed by atoms with Crippen LogP contribution in [0.3, 0.4) is 0 Å². The van der Waals surface area contributed by atoms with Gasteiger partial charge in [0.05, 0.1) is 5.92 Å². The van der Waals surface area contributed by atoms with Crippen molar-refractivity contribution in [1.82, 2.24) is 9.80 Å². The molecule has 1 aromatic rings. The number of rotatable bonds is 3. The quantitative estimate of drug-likeness (QED) is 0.766. The minimum atomic E-state index is -0.0395. The van der Waals surface area contributed by atoms with Gasteiger partial charge in [0, 0.05) is 36.6 Å². The van der Waals surface area contributed by atoms with Crippen molar-refractivity contribution in [1.29, 1.82) is 0 Å². The Labute approximate surface area is 158 Å². The van der Waals surface area contributed by atoms with E-state index in [9.17, 15) is 4.79 Å². The van der Waals surface area contributed by atoms with E-state index in [1.54, 1.807) is 0 Å². The Morgan fingerprint density at radius 1 is 1.32 bits per heavy atom. The van der Waals surface area contributed by atoms with Crippen molar-refractivity contribution in [2.75, 3.05) is 26.7 Å². The van der Waals surface area contributed by atoms with E-state index in [1.807, 2.05) is 4.90 Å². The summed E-state index contributed by atoms with van der Waals surface area (Å²) in [6.45, 7) is 6.49. The molecule has 0 saturated heterocycles. The minimum Gasteiger partial charge on any atom is -0.343 e. The maximum Gasteiger partial charge on any atom is 0.230 e. The summed E-state index contributed by atoms with van der Waals surface area (Å²) in [4.78, 5) is 17.3. The molecule has 1 aliphatic heterocycles. The van der Waals surface area contributed by atoms with E-state index in [4.69, 9.17) is 0 Å². The van der Waals surface area contributed by atoms with Gasteiger partial charge in [-0.1, -0.05) is 40.2 Å². The van der Waals surface area contributed by atoms with Crippen LogP contribution in [0.4, 0.5) is 0 Å². The lowest BCUT2D eigenvalue weighted by atomic mass is 9.77. The highest BCUT2D eigenvalue weighted by Crippen LogP contribution is 2.49. The van der Waals surface area contributed by atoms with E-state index < -0.39 is 0 Å². The van der Waals surface area contributed by atoms with Gasteiger partial charge in [-0.15, -0.1) is 0 Å². The van der Waals surface area contributed by atoms with E-state index in [-0.39, 0.29) is 11.8 Å². The molecular weight excluding hydrogens is 376 g/mol. The molecule has 0 fully saturated rings. The Kier molecular flexibility index (Phi) is 4.37. The fourth-order valence-electron chi connectivity index (χ4n) is 4.67. The van der Waals surface area contributed by atoms with E-state index in [1.165, 1.54) is 32.3 Å². The maximum atomic E-state index is 12.9. The number of hydrogen-bond acceptors (Lipinski definition) is 2. The molecule has 4 rings (SSSR count). The van der Waals surface area contributed by atoms with E-state index in [0.717, 1.165) is 32.5 Å². The van der Waals surface area contributed by atoms with Crippen LogP contribution < -0.4 is 0 Å². The lowest BCUT2D eigenvalue weighted by Crippen LogP contribution is -2.47. The SMILES string of the molecule is CCN(CC)C(=O)[C@@H]1C=C2c3cccc4c3C(=C(Br)C4)C[C@H]2N(C)C1. The molecule has 4 heteroatoms. The number of halogens is 1. The third-order valence-electron chi connectivity index (χ3n) is 5.98. The Morgan fingerprint density at radius 3 is 2.80 bits per heavy atom. The van der Waals surface area contributed by atoms with E-state index in [0.29, 0.717) is 6.04 Å². The molecule has 1 aromatic carbocycles. The molecule has 132 valence electrons. The molecule has 2 atom stereocenters. The van der Waals surface area contributed by atoms with Gasteiger partial charge in [-0.3, -0.25) is 9.69 Å². The fourth-order valence-corrected chi connectivity index (χ4v) is 5.33. The average Bonchev–Trinajstić information content (AvgIpc) is 2.93. The van der Waals surface area contributed by atoms with Gasteiger partial charge in [-0.25, -0.2) is 0 Å². The standard InChI is InChI=1S/C21H25BrN2O/c1-4-24(5-2)21(25)14-9-16-15-8-6-7-13-10-18(22)17(20(13)15)11-19(16)23(3)12-14/h6-9,14,19H,4-5,10-12H2,1-3H3/t14-,19-/m1/s1. The molecule has 0 bridgehead atoms. The number of fused-ring (bicyclic) bond motifs is 2. The number of carbonyl (C=O) groups is 1. The lowest BCUT2D eigenvalue weighted by molar-refractivity contribution is -0.134. The van der Waals surface area contributed by atoms with Crippen molar-refractivity contribution in [3.8, 4) is 0 Å². The summed E-state index contributed by atoms with van der Waals surface area (Å²) in [6.07, 6.45) is 4.31. The first-order chi connectivity index (χ1) is 12.0. The smallest absolute Gasteiger partial charge is 0.230 e. The molecule has 1 amide bonds. The lowest BCUT2D eigenvalue weighted by Gasteiger charge is -2.41. The summed E-state index contributed by atoms with van der Waals surface area (Å²) in [6, 6.07) is 7.01. The van der Waals surface area contributed by atoms with Crippen LogP contribution in [0.15, 0.2) is 28.8 Å². The number of benzene rings is 1. The van der Waals surface area contributed by atoms with Crippen molar-refractivity contribution < 1.29 is 4.79 Å². The molecule has 0 unspecified atom stereocenters. The topological polar surface area (TPSA) is 23.6 Å². The van der Waals surface area contributed by atoms with Crippen LogP contribution in [0.2, 0.25) is 0 Å². The predicted molar refractivity (Wildman–Crippen MR) is 106 cm³/mol. The highest BCUT2D eigenvalue weighted by Gasteiger charge is 2.39. The highest BCUT2D eigenvalue weighted by molar-refractivity contribution is 9.11. The molecule has 0 aromatic heterocycles. The zero-order valence-corrected chi connectivity index (χ0v) is 16.8. The number of amides is 1. The van der Waals surface area contributed by atoms with Crippen LogP contribution in [0.5, 0.6) is 0 Å². The molecule has 3 nitrogen and oxygen atoms in total. The number of nitrogens with zero attached hydrogens (tertiary/aromatic N) is 2. The van der Waals surface area contributed by atoms with Crippen molar-refractivity contribution >= 4 is 33.0 Å². The molecule has 0 radical (unpaired) electrons. The molecule has 0 saturated carbocycles. The second-order valence-electron chi connectivity index (χ2n) is 7.30. The normalized spacial score (nSPS) is 24.7. The molecule has 0 N–H and O–H groups in total. The van der Waals surface area contributed by atoms with Gasteiger partial charge < -0.3 is 4.90 Å². The van der Waals surface area contributed by atoms with Crippen molar-refractivity contribution in [2.24, 2.45) is 5.92 Å². The summed E-state index contributed by atoms with van der Waals surface area (Å²) >= 11 is 3.80. The number of likely N-dealkylation sites (N-methyl/N-ethyl adjacent to an activating group) is 1. The summed E-state index contributed by atoms with van der Waals surface area (Å²) in [7, 11) is 2.17. The zero-order valence-electron chi connectivity index (χ0n) is 15.2. The minimum absolute atomic E-state index is 0.0395. The van der Waals surface area contributed by atoms with Crippen molar-refractivity contribution in [3.05, 3.63) is 45.4 Å². The van der Waals surface area contributed by atoms with E-state index in [2.05, 4.69) is 66.0 Å². The van der Waals surface area contributed by atoms with Crippen LogP contribution in [0.25, 0.3) is 11.1 Å². The second kappa shape index (κ2) is 6.40. The third kappa shape index (κ3) is 2.61. The molecule has 2 aliphatic carbocycles. The van der Waals surface area contributed by atoms with Gasteiger partial charge in [0.25, 0.3) is 0 Å². The number of carbonyl (C=O) groups excluding carboxylic acids is 1. The van der Waals surface area contributed by atoms with Crippen LogP contribution in [0, 0.1) is 5.92 Å². The average molecular weight is 401 g/mol. The van der Waals surface area contributed by atoms with Gasteiger partial charge in [-0.2, -0.15) is 0 Å². The largest absolute Gasteiger partial charge is 0.343 e. The zero-order chi connectivity index (χ0) is 17.7. The fraction of sp³-hybridized carbons (Fsp3) is 0.476. The molecular formula is C21H25BrN2O. The molecule has 0 spiro atoms. The third-order valence-corrected chi connectivity index (χ3v) is 6.74. The number of hydrogen-bond donors (Lipinski definition) is 0. The first kappa shape index (κ1) is 17.0. The molecule has 1 heterocycles. The van der Waals surface area contributed by atoms with Crippen LogP contribution in [-0.4, -0.2) is 48.4 Å². The Morgan fingerprint density at radius 2 is 2.08 bits per heavy atom. The van der Waals surface area contributed by atoms with Crippen LogP contribution in [-0.2, 0) is 11.2 Å². The Hall–Kier alpha value is -1.39. The predicted octanol–water partition coefficient (Wildman–Crippen LogP) is 3.93. The van der Waals surface area contributed by atoms with Crippen LogP contribution >= 0.6 is 15.9 Å². The monoisotopic (exact) mass is 400 g/mol. The second-order valence-corrected chi connectivity index (χ2v) is 8.26. The van der Waals surface area contributed by atoms with Crippen molar-refractivity contribution in [2.45, 2.75) is 32.7 Å². The summed E-state index contributed by atoms with van der Waals surface area (Å²) in [5.41, 5.74) is 6.98. The molecule has 3 aliphatic rings. The number of allylic oxidation sites excluding steroid dienone is 1. The highest BCUT2D eigenvalue weighted by atomic mass is 79.9. The Bertz CT molecular complexity index is 791. The Balaban J connectivity index is 1.79. The summed E-state index contributed by atoms with van der Waals surface area (Å²) in [5.74, 6) is 0.222. The first-order valence-corrected chi connectivity index (χ1v) is 10.0. The van der Waals surface area contributed by atoms with E-state index >= 15 is 0 Å². The van der Waals surface area contributed by atoms with Gasteiger partial charge >= 0.3 is 0 Å². The van der Waals surface area contributed by atoms with Gasteiger partial charge in [-0.05, 0) is 55.2 Å². The van der Waals surface area contributed by atoms with Crippen LogP contribution in [0.1, 0.15) is 37.0 Å². The van der Waals surface area contributed by atoms with Gasteiger partial charge in [0.2, 0.25) is 5.91 Å². The van der Waals surface area contributed by atoms with Gasteiger partial charge in [0.15, 0.2) is 0 Å². The summed E-state index contributed by atoms with van der Waals surface area (Å²) in [5, 5.41) is 0. The molecule has 25 heavy (non-hydrogen) atoms. The maximum absolute atomic E-state index is 12.9. The first-order valence-electron chi connectivity index (χ1n) is 9.26.